The molecule has 1 saturated heterocycles. The number of piperidine rings is 1. The van der Waals surface area contributed by atoms with Crippen LogP contribution in [0, 0.1) is 11.3 Å². The molecule has 0 radical (unpaired) electrons. The molecular formula is C16H32N2O2. The molecule has 2 rings (SSSR count). The molecule has 1 atom stereocenters. The average molecular weight is 284 g/mol. The molecule has 0 aromatic heterocycles. The van der Waals surface area contributed by atoms with Crippen LogP contribution in [0.2, 0.25) is 0 Å². The number of hydrogen-bond acceptors (Lipinski definition) is 4. The number of methoxy groups -OCH3 is 2. The Morgan fingerprint density at radius 2 is 1.90 bits per heavy atom. The molecule has 2 aliphatic rings. The first-order chi connectivity index (χ1) is 9.71. The third kappa shape index (κ3) is 4.42. The van der Waals surface area contributed by atoms with E-state index in [1.807, 2.05) is 7.11 Å². The zero-order valence-corrected chi connectivity index (χ0v) is 13.5. The zero-order valence-electron chi connectivity index (χ0n) is 13.5. The molecule has 4 heteroatoms. The molecule has 0 bridgehead atoms. The van der Waals surface area contributed by atoms with E-state index in [4.69, 9.17) is 9.47 Å². The molecule has 2 fully saturated rings. The van der Waals surface area contributed by atoms with Crippen LogP contribution in [0.15, 0.2) is 0 Å². The first-order valence-electron chi connectivity index (χ1n) is 8.13. The highest BCUT2D eigenvalue weighted by Crippen LogP contribution is 2.38. The standard InChI is InChI=1S/C16H32N2O2/c1-14(15-4-5-15)18(10-11-19-2)12-16(13-20-3)6-8-17-9-7-16/h14-15,17H,4-13H2,1-3H3. The van der Waals surface area contributed by atoms with E-state index in [-0.39, 0.29) is 0 Å². The van der Waals surface area contributed by atoms with Gasteiger partial charge < -0.3 is 14.8 Å². The maximum absolute atomic E-state index is 5.56. The molecule has 1 aliphatic carbocycles. The van der Waals surface area contributed by atoms with Crippen LogP contribution in [0.1, 0.15) is 32.6 Å². The summed E-state index contributed by atoms with van der Waals surface area (Å²) in [7, 11) is 3.64. The Balaban J connectivity index is 1.98. The third-order valence-corrected chi connectivity index (χ3v) is 5.12. The summed E-state index contributed by atoms with van der Waals surface area (Å²) in [6.45, 7) is 8.57. The van der Waals surface area contributed by atoms with Crippen molar-refractivity contribution in [3.63, 3.8) is 0 Å². The molecule has 0 aromatic rings. The minimum atomic E-state index is 0.330. The maximum Gasteiger partial charge on any atom is 0.0589 e. The Kier molecular flexibility index (Phi) is 6.27. The predicted octanol–water partition coefficient (Wildman–Crippen LogP) is 1.75. The van der Waals surface area contributed by atoms with Gasteiger partial charge in [0.15, 0.2) is 0 Å². The number of nitrogens with zero attached hydrogens (tertiary/aromatic N) is 1. The van der Waals surface area contributed by atoms with E-state index in [1.54, 1.807) is 7.11 Å². The Morgan fingerprint density at radius 3 is 2.45 bits per heavy atom. The number of hydrogen-bond donors (Lipinski definition) is 1. The summed E-state index contributed by atoms with van der Waals surface area (Å²) in [5.41, 5.74) is 0.330. The summed E-state index contributed by atoms with van der Waals surface area (Å²) in [5, 5.41) is 3.48. The van der Waals surface area contributed by atoms with Gasteiger partial charge in [0, 0.05) is 38.8 Å². The lowest BCUT2D eigenvalue weighted by Gasteiger charge is -2.43. The van der Waals surface area contributed by atoms with E-state index in [1.165, 1.54) is 25.7 Å². The van der Waals surface area contributed by atoms with Crippen LogP contribution >= 0.6 is 0 Å². The van der Waals surface area contributed by atoms with Crippen LogP contribution in [0.25, 0.3) is 0 Å². The van der Waals surface area contributed by atoms with E-state index in [0.29, 0.717) is 11.5 Å². The van der Waals surface area contributed by atoms with E-state index in [2.05, 4.69) is 17.1 Å². The summed E-state index contributed by atoms with van der Waals surface area (Å²) in [6, 6.07) is 0.689. The molecule has 20 heavy (non-hydrogen) atoms. The second-order valence-corrected chi connectivity index (χ2v) is 6.72. The monoisotopic (exact) mass is 284 g/mol. The summed E-state index contributed by atoms with van der Waals surface area (Å²) >= 11 is 0. The van der Waals surface area contributed by atoms with Crippen molar-refractivity contribution in [1.29, 1.82) is 0 Å². The Bertz CT molecular complexity index is 270. The Labute approximate surface area is 124 Å². The largest absolute Gasteiger partial charge is 0.384 e. The maximum atomic E-state index is 5.56. The minimum absolute atomic E-state index is 0.330. The van der Waals surface area contributed by atoms with E-state index < -0.39 is 0 Å². The zero-order chi connectivity index (χ0) is 14.4. The van der Waals surface area contributed by atoms with Gasteiger partial charge in [-0.15, -0.1) is 0 Å². The molecule has 0 amide bonds. The molecule has 1 N–H and O–H groups in total. The van der Waals surface area contributed by atoms with Crippen LogP contribution in [0.5, 0.6) is 0 Å². The summed E-state index contributed by atoms with van der Waals surface area (Å²) < 4.78 is 10.9. The molecule has 4 nitrogen and oxygen atoms in total. The molecule has 1 unspecified atom stereocenters. The summed E-state index contributed by atoms with van der Waals surface area (Å²) in [5.74, 6) is 0.910. The van der Waals surface area contributed by atoms with Gasteiger partial charge in [-0.05, 0) is 51.6 Å². The highest BCUT2D eigenvalue weighted by molar-refractivity contribution is 4.92. The molecule has 1 saturated carbocycles. The van der Waals surface area contributed by atoms with Crippen LogP contribution in [0.3, 0.4) is 0 Å². The summed E-state index contributed by atoms with van der Waals surface area (Å²) in [4.78, 5) is 2.66. The molecule has 1 aliphatic heterocycles. The number of nitrogens with one attached hydrogen (secondary N) is 1. The highest BCUT2D eigenvalue weighted by atomic mass is 16.5. The minimum Gasteiger partial charge on any atom is -0.384 e. The molecule has 0 spiro atoms. The van der Waals surface area contributed by atoms with Crippen molar-refractivity contribution in [1.82, 2.24) is 10.2 Å². The first-order valence-corrected chi connectivity index (χ1v) is 8.13. The van der Waals surface area contributed by atoms with Gasteiger partial charge in [0.05, 0.1) is 13.2 Å². The van der Waals surface area contributed by atoms with Crippen LogP contribution in [-0.2, 0) is 9.47 Å². The fourth-order valence-corrected chi connectivity index (χ4v) is 3.55. The van der Waals surface area contributed by atoms with Gasteiger partial charge in [-0.25, -0.2) is 0 Å². The second-order valence-electron chi connectivity index (χ2n) is 6.72. The van der Waals surface area contributed by atoms with Gasteiger partial charge >= 0.3 is 0 Å². The number of rotatable bonds is 9. The van der Waals surface area contributed by atoms with Gasteiger partial charge in [0.25, 0.3) is 0 Å². The fraction of sp³-hybridized carbons (Fsp3) is 1.00. The molecule has 118 valence electrons. The lowest BCUT2D eigenvalue weighted by atomic mass is 9.78. The normalized spacial score (nSPS) is 24.0. The Hall–Kier alpha value is -0.160. The van der Waals surface area contributed by atoms with Crippen LogP contribution in [-0.4, -0.2) is 64.6 Å². The van der Waals surface area contributed by atoms with E-state index in [0.717, 1.165) is 45.3 Å². The van der Waals surface area contributed by atoms with Gasteiger partial charge in [0.2, 0.25) is 0 Å². The average Bonchev–Trinajstić information content (AvgIpc) is 3.28. The van der Waals surface area contributed by atoms with Crippen molar-refractivity contribution < 1.29 is 9.47 Å². The van der Waals surface area contributed by atoms with E-state index >= 15 is 0 Å². The van der Waals surface area contributed by atoms with Gasteiger partial charge in [0.1, 0.15) is 0 Å². The summed E-state index contributed by atoms with van der Waals surface area (Å²) in [6.07, 6.45) is 5.26. The Morgan fingerprint density at radius 1 is 1.20 bits per heavy atom. The van der Waals surface area contributed by atoms with Crippen molar-refractivity contribution >= 4 is 0 Å². The van der Waals surface area contributed by atoms with Crippen LogP contribution in [0.4, 0.5) is 0 Å². The second kappa shape index (κ2) is 7.74. The van der Waals surface area contributed by atoms with Crippen molar-refractivity contribution in [2.24, 2.45) is 11.3 Å². The van der Waals surface area contributed by atoms with E-state index in [9.17, 15) is 0 Å². The van der Waals surface area contributed by atoms with Crippen molar-refractivity contribution in [3.05, 3.63) is 0 Å². The third-order valence-electron chi connectivity index (χ3n) is 5.12. The fourth-order valence-electron chi connectivity index (χ4n) is 3.55. The van der Waals surface area contributed by atoms with Gasteiger partial charge in [-0.3, -0.25) is 4.90 Å². The lowest BCUT2D eigenvalue weighted by molar-refractivity contribution is 0.00215. The van der Waals surface area contributed by atoms with Crippen molar-refractivity contribution in [3.8, 4) is 0 Å². The SMILES string of the molecule is COCCN(CC1(COC)CCNCC1)C(C)C1CC1. The lowest BCUT2D eigenvalue weighted by Crippen LogP contribution is -2.50. The topological polar surface area (TPSA) is 33.7 Å². The van der Waals surface area contributed by atoms with Gasteiger partial charge in [-0.2, -0.15) is 0 Å². The predicted molar refractivity (Wildman–Crippen MR) is 82.0 cm³/mol. The smallest absolute Gasteiger partial charge is 0.0589 e. The van der Waals surface area contributed by atoms with Crippen molar-refractivity contribution in [2.75, 3.05) is 53.6 Å². The molecule has 1 heterocycles. The van der Waals surface area contributed by atoms with Crippen LogP contribution < -0.4 is 5.32 Å². The highest BCUT2D eigenvalue weighted by Gasteiger charge is 2.38. The first kappa shape index (κ1) is 16.2. The quantitative estimate of drug-likeness (QED) is 0.699. The molecular weight excluding hydrogens is 252 g/mol. The van der Waals surface area contributed by atoms with Gasteiger partial charge in [-0.1, -0.05) is 0 Å². The number of ether oxygens (including phenoxy) is 2. The van der Waals surface area contributed by atoms with Crippen molar-refractivity contribution in [2.45, 2.75) is 38.6 Å². The molecule has 0 aromatic carbocycles.